The number of amides is 2. The van der Waals surface area contributed by atoms with Gasteiger partial charge in [0.05, 0.1) is 5.56 Å². The van der Waals surface area contributed by atoms with Gasteiger partial charge in [-0.05, 0) is 55.4 Å². The van der Waals surface area contributed by atoms with Crippen molar-refractivity contribution in [2.75, 3.05) is 19.7 Å². The van der Waals surface area contributed by atoms with Gasteiger partial charge in [-0.25, -0.2) is 14.4 Å². The number of carbonyl (C=O) groups excluding carboxylic acids is 3. The maximum Gasteiger partial charge on any atom is 0.698 e. The molecule has 2 unspecified atom stereocenters. The van der Waals surface area contributed by atoms with Crippen LogP contribution < -0.4 is 5.32 Å². The van der Waals surface area contributed by atoms with Crippen LogP contribution in [0, 0.1) is 0 Å². The number of alkyl carbamates (subject to hydrolysis) is 1. The molecule has 12 nitrogen and oxygen atoms in total. The number of carbonyl (C=O) groups is 4. The smallest absolute Gasteiger partial charge is 0.480 e. The molecule has 0 bridgehead atoms. The highest BCUT2D eigenvalue weighted by atomic mass is 31.1. The van der Waals surface area contributed by atoms with Crippen molar-refractivity contribution in [3.63, 3.8) is 0 Å². The van der Waals surface area contributed by atoms with Gasteiger partial charge in [-0.3, -0.25) is 4.79 Å². The summed E-state index contributed by atoms with van der Waals surface area (Å²) in [4.78, 5) is 51.3. The second kappa shape index (κ2) is 19.2. The lowest BCUT2D eigenvalue weighted by molar-refractivity contribution is -0.151. The van der Waals surface area contributed by atoms with Gasteiger partial charge < -0.3 is 24.8 Å². The van der Waals surface area contributed by atoms with E-state index in [0.717, 1.165) is 11.1 Å². The predicted molar refractivity (Wildman–Crippen MR) is 175 cm³/mol. The number of nitrogens with zero attached hydrogens (tertiary/aromatic N) is 1. The average molecular weight is 680 g/mol. The van der Waals surface area contributed by atoms with Crippen molar-refractivity contribution in [2.45, 2.75) is 63.4 Å². The Morgan fingerprint density at radius 3 is 2.21 bits per heavy atom. The van der Waals surface area contributed by atoms with Crippen LogP contribution in [0.3, 0.4) is 0 Å². The number of carboxylic acid groups (broad SMARTS) is 1. The Kier molecular flexibility index (Phi) is 14.5. The molecule has 1 saturated heterocycles. The van der Waals surface area contributed by atoms with E-state index >= 15 is 0 Å². The Hall–Kier alpha value is -4.64. The van der Waals surface area contributed by atoms with Crippen molar-refractivity contribution in [3.8, 4) is 0 Å². The number of benzene rings is 3. The molecule has 4 atom stereocenters. The average Bonchev–Trinajstić information content (AvgIpc) is 3.61. The summed E-state index contributed by atoms with van der Waals surface area (Å²) in [5, 5.41) is 12.3. The van der Waals surface area contributed by atoms with Gasteiger partial charge in [-0.15, -0.1) is 9.05 Å². The maximum atomic E-state index is 13.5. The van der Waals surface area contributed by atoms with Crippen molar-refractivity contribution < 1.29 is 47.4 Å². The summed E-state index contributed by atoms with van der Waals surface area (Å²) >= 11 is 0. The molecule has 4 rings (SSSR count). The maximum absolute atomic E-state index is 13.5. The van der Waals surface area contributed by atoms with Crippen LogP contribution in [0.5, 0.6) is 0 Å². The fraction of sp³-hybridized carbons (Fsp3) is 0.371. The molecule has 1 aliphatic rings. The topological polar surface area (TPSA) is 158 Å². The predicted octanol–water partition coefficient (Wildman–Crippen LogP) is 5.69. The Labute approximate surface area is 280 Å². The second-order valence-corrected chi connectivity index (χ2v) is 12.1. The molecule has 1 fully saturated rings. The molecule has 1 heterocycles. The normalized spacial score (nSPS) is 15.6. The number of carboxylic acids is 1. The Morgan fingerprint density at radius 2 is 1.54 bits per heavy atom. The van der Waals surface area contributed by atoms with E-state index in [9.17, 15) is 28.8 Å². The van der Waals surface area contributed by atoms with Crippen LogP contribution in [0.15, 0.2) is 91.0 Å². The zero-order valence-corrected chi connectivity index (χ0v) is 27.4. The highest BCUT2D eigenvalue weighted by Gasteiger charge is 2.41. The number of hydrogen-bond donors (Lipinski definition) is 2. The van der Waals surface area contributed by atoms with Gasteiger partial charge in [0.25, 0.3) is 5.91 Å². The highest BCUT2D eigenvalue weighted by Crippen LogP contribution is 2.31. The van der Waals surface area contributed by atoms with E-state index in [1.165, 1.54) is 4.90 Å². The molecule has 3 aromatic carbocycles. The summed E-state index contributed by atoms with van der Waals surface area (Å²) in [6.07, 6.45) is -0.627. The first-order valence-electron chi connectivity index (χ1n) is 15.8. The standard InChI is InChI=1S/C35H39N2O10P/c38-32(37-22-12-19-30(37)33(39)40)31(20-10-11-21-36-35(42)44-24-27-15-6-2-7-16-27)47-48(43)45-25-29(23-26-13-4-1-5-14-26)46-34(41)28-17-8-3-9-18-28/h1-9,13-18,29-31H,10-12,19-25H2,(H-,36,39,40,42)/p+1/t29?,30-,31-/m0/s1. The minimum atomic E-state index is -2.87. The molecule has 2 amide bonds. The zero-order valence-electron chi connectivity index (χ0n) is 26.5. The molecule has 0 radical (unpaired) electrons. The van der Waals surface area contributed by atoms with Crippen LogP contribution in [0.4, 0.5) is 4.79 Å². The first-order valence-corrected chi connectivity index (χ1v) is 16.9. The van der Waals surface area contributed by atoms with Gasteiger partial charge in [0.15, 0.2) is 6.10 Å². The minimum absolute atomic E-state index is 0.100. The number of ether oxygens (including phenoxy) is 2. The van der Waals surface area contributed by atoms with Crippen LogP contribution >= 0.6 is 8.25 Å². The lowest BCUT2D eigenvalue weighted by atomic mass is 10.1. The third kappa shape index (κ3) is 11.9. The number of aliphatic carboxylic acids is 1. The van der Waals surface area contributed by atoms with Gasteiger partial charge in [0.2, 0.25) is 0 Å². The van der Waals surface area contributed by atoms with E-state index in [4.69, 9.17) is 18.5 Å². The molecular weight excluding hydrogens is 639 g/mol. The minimum Gasteiger partial charge on any atom is -0.480 e. The zero-order chi connectivity index (χ0) is 34.1. The molecule has 1 aliphatic heterocycles. The van der Waals surface area contributed by atoms with Crippen LogP contribution in [0.25, 0.3) is 0 Å². The van der Waals surface area contributed by atoms with Crippen LogP contribution in [-0.4, -0.2) is 71.9 Å². The summed E-state index contributed by atoms with van der Waals surface area (Å²) in [6, 6.07) is 26.0. The molecule has 3 aromatic rings. The number of likely N-dealkylation sites (tertiary alicyclic amines) is 1. The van der Waals surface area contributed by atoms with E-state index in [0.29, 0.717) is 31.2 Å². The summed E-state index contributed by atoms with van der Waals surface area (Å²) in [5.41, 5.74) is 2.06. The number of nitrogens with one attached hydrogen (secondary N) is 1. The molecule has 0 saturated carbocycles. The SMILES string of the molecule is O=C(NCCCC[C@H](O[P+](=O)OCC(Cc1ccccc1)OC(=O)c1ccccc1)C(=O)N1CCC[C@H]1C(=O)O)OCc1ccccc1. The molecule has 254 valence electrons. The van der Waals surface area contributed by atoms with Crippen molar-refractivity contribution in [1.29, 1.82) is 0 Å². The molecule has 0 spiro atoms. The summed E-state index contributed by atoms with van der Waals surface area (Å²) in [7, 11) is -2.87. The van der Waals surface area contributed by atoms with Crippen LogP contribution in [0.1, 0.15) is 53.6 Å². The number of hydrogen-bond acceptors (Lipinski definition) is 9. The van der Waals surface area contributed by atoms with Crippen molar-refractivity contribution >= 4 is 32.2 Å². The largest absolute Gasteiger partial charge is 0.698 e. The number of rotatable bonds is 18. The molecule has 48 heavy (non-hydrogen) atoms. The Bertz CT molecular complexity index is 1490. The summed E-state index contributed by atoms with van der Waals surface area (Å²) in [6.45, 7) is 0.339. The molecular formula is C35H40N2O10P+. The van der Waals surface area contributed by atoms with Crippen molar-refractivity contribution in [2.24, 2.45) is 0 Å². The van der Waals surface area contributed by atoms with E-state index in [2.05, 4.69) is 5.32 Å². The molecule has 2 N–H and O–H groups in total. The third-order valence-electron chi connectivity index (χ3n) is 7.64. The van der Waals surface area contributed by atoms with Crippen molar-refractivity contribution in [1.82, 2.24) is 10.2 Å². The van der Waals surface area contributed by atoms with E-state index < -0.39 is 50.4 Å². The van der Waals surface area contributed by atoms with E-state index in [-0.39, 0.29) is 39.1 Å². The third-order valence-corrected chi connectivity index (χ3v) is 8.43. The lowest BCUT2D eigenvalue weighted by Gasteiger charge is -2.24. The van der Waals surface area contributed by atoms with Gasteiger partial charge in [0.1, 0.15) is 25.4 Å². The van der Waals surface area contributed by atoms with Gasteiger partial charge in [-0.2, -0.15) is 0 Å². The second-order valence-electron chi connectivity index (χ2n) is 11.2. The van der Waals surface area contributed by atoms with E-state index in [1.807, 2.05) is 60.7 Å². The lowest BCUT2D eigenvalue weighted by Crippen LogP contribution is -2.45. The summed E-state index contributed by atoms with van der Waals surface area (Å²) < 4.78 is 35.1. The molecule has 13 heteroatoms. The Morgan fingerprint density at radius 1 is 0.896 bits per heavy atom. The monoisotopic (exact) mass is 679 g/mol. The fourth-order valence-corrected chi connectivity index (χ4v) is 5.95. The van der Waals surface area contributed by atoms with Crippen LogP contribution in [-0.2, 0) is 45.7 Å². The van der Waals surface area contributed by atoms with Crippen LogP contribution in [0.2, 0.25) is 0 Å². The Balaban J connectivity index is 1.32. The van der Waals surface area contributed by atoms with Gasteiger partial charge >= 0.3 is 26.3 Å². The van der Waals surface area contributed by atoms with E-state index in [1.54, 1.807) is 30.3 Å². The fourth-order valence-electron chi connectivity index (χ4n) is 5.20. The van der Waals surface area contributed by atoms with Gasteiger partial charge in [0, 0.05) is 24.1 Å². The highest BCUT2D eigenvalue weighted by molar-refractivity contribution is 7.33. The molecule has 0 aromatic heterocycles. The summed E-state index contributed by atoms with van der Waals surface area (Å²) in [5.74, 6) is -2.29. The first kappa shape index (κ1) is 36.2. The van der Waals surface area contributed by atoms with Crippen molar-refractivity contribution in [3.05, 3.63) is 108 Å². The number of esters is 1. The number of unbranched alkanes of at least 4 members (excludes halogenated alkanes) is 1. The quantitative estimate of drug-likeness (QED) is 0.0973. The van der Waals surface area contributed by atoms with Gasteiger partial charge in [-0.1, -0.05) is 78.9 Å². The molecule has 0 aliphatic carbocycles. The first-order chi connectivity index (χ1) is 23.3.